The highest BCUT2D eigenvalue weighted by molar-refractivity contribution is 7.90. The molecule has 0 saturated carbocycles. The molecule has 3 N–H and O–H groups in total. The summed E-state index contributed by atoms with van der Waals surface area (Å²) in [5.41, 5.74) is 6.81. The Labute approximate surface area is 122 Å². The number of nitrogens with two attached hydrogens (primary N) is 1. The maximum atomic E-state index is 11.2. The molecule has 0 radical (unpaired) electrons. The summed E-state index contributed by atoms with van der Waals surface area (Å²) >= 11 is 0. The minimum atomic E-state index is -3.13. The van der Waals surface area contributed by atoms with Crippen LogP contribution in [0.3, 0.4) is 0 Å². The van der Waals surface area contributed by atoms with E-state index in [2.05, 4.69) is 10.4 Å². The average molecular weight is 305 g/mol. The van der Waals surface area contributed by atoms with E-state index in [0.29, 0.717) is 5.82 Å². The van der Waals surface area contributed by atoms with Gasteiger partial charge < -0.3 is 11.1 Å². The molecule has 1 aromatic carbocycles. The number of hydrogen-bond acceptors (Lipinski definition) is 6. The lowest BCUT2D eigenvalue weighted by molar-refractivity contribution is 0.588. The van der Waals surface area contributed by atoms with Crippen molar-refractivity contribution in [2.24, 2.45) is 0 Å². The number of anilines is 3. The molecular formula is C13H15N5O2S. The van der Waals surface area contributed by atoms with Gasteiger partial charge in [0, 0.05) is 11.9 Å². The van der Waals surface area contributed by atoms with Crippen molar-refractivity contribution in [3.05, 3.63) is 35.9 Å². The normalized spacial score (nSPS) is 11.0. The molecule has 0 saturated heterocycles. The number of sulfone groups is 1. The van der Waals surface area contributed by atoms with Gasteiger partial charge in [-0.15, -0.1) is 0 Å². The molecule has 0 unspecified atom stereocenters. The second-order valence-electron chi connectivity index (χ2n) is 4.56. The molecule has 2 aromatic rings. The van der Waals surface area contributed by atoms with Crippen LogP contribution in [0.5, 0.6) is 0 Å². The van der Waals surface area contributed by atoms with Crippen molar-refractivity contribution in [2.45, 2.75) is 6.54 Å². The van der Waals surface area contributed by atoms with E-state index in [0.717, 1.165) is 11.9 Å². The number of benzene rings is 1. The number of aryl methyl sites for hydroxylation is 1. The zero-order valence-electron chi connectivity index (χ0n) is 11.4. The summed E-state index contributed by atoms with van der Waals surface area (Å²) in [6, 6.07) is 11.2. The predicted molar refractivity (Wildman–Crippen MR) is 80.8 cm³/mol. The van der Waals surface area contributed by atoms with Crippen LogP contribution in [0.15, 0.2) is 30.3 Å². The van der Waals surface area contributed by atoms with Crippen molar-refractivity contribution in [1.29, 1.82) is 5.26 Å². The molecule has 1 aromatic heterocycles. The molecule has 0 aliphatic carbocycles. The van der Waals surface area contributed by atoms with E-state index in [4.69, 9.17) is 5.73 Å². The van der Waals surface area contributed by atoms with Crippen LogP contribution in [0.4, 0.5) is 17.3 Å². The first-order chi connectivity index (χ1) is 9.90. The van der Waals surface area contributed by atoms with Gasteiger partial charge >= 0.3 is 0 Å². The quantitative estimate of drug-likeness (QED) is 0.855. The minimum absolute atomic E-state index is 0.0888. The maximum Gasteiger partial charge on any atom is 0.172 e. The van der Waals surface area contributed by atoms with Gasteiger partial charge in [0.25, 0.3) is 0 Å². The van der Waals surface area contributed by atoms with Gasteiger partial charge in [0.2, 0.25) is 0 Å². The zero-order valence-corrected chi connectivity index (χ0v) is 12.3. The van der Waals surface area contributed by atoms with Crippen LogP contribution in [0, 0.1) is 11.3 Å². The number of rotatable bonds is 5. The van der Waals surface area contributed by atoms with Crippen molar-refractivity contribution in [3.8, 4) is 6.07 Å². The molecule has 0 aliphatic rings. The fourth-order valence-corrected chi connectivity index (χ4v) is 2.26. The summed E-state index contributed by atoms with van der Waals surface area (Å²) in [6.07, 6.45) is 1.14. The number of nitrogen functional groups attached to an aromatic ring is 1. The van der Waals surface area contributed by atoms with Crippen LogP contribution in [-0.4, -0.2) is 30.2 Å². The van der Waals surface area contributed by atoms with Crippen LogP contribution in [0.1, 0.15) is 5.56 Å². The SMILES string of the molecule is CS(=O)(=O)CCn1nc(Nc2ccccc2)c(C#N)c1N. The Hall–Kier alpha value is -2.53. The lowest BCUT2D eigenvalue weighted by Crippen LogP contribution is -2.14. The Morgan fingerprint density at radius 3 is 2.62 bits per heavy atom. The third-order valence-electron chi connectivity index (χ3n) is 2.81. The lowest BCUT2D eigenvalue weighted by Gasteiger charge is -2.03. The van der Waals surface area contributed by atoms with E-state index < -0.39 is 9.84 Å². The van der Waals surface area contributed by atoms with Crippen LogP contribution in [0.25, 0.3) is 0 Å². The Bertz CT molecular complexity index is 775. The summed E-state index contributed by atoms with van der Waals surface area (Å²) in [5.74, 6) is 0.378. The van der Waals surface area contributed by atoms with Gasteiger partial charge in [0.1, 0.15) is 27.3 Å². The molecular weight excluding hydrogens is 290 g/mol. The summed E-state index contributed by atoms with van der Waals surface area (Å²) in [7, 11) is -3.13. The standard InChI is InChI=1S/C13H15N5O2S/c1-21(19,20)8-7-18-12(15)11(9-14)13(17-18)16-10-5-3-2-4-6-10/h2-6H,7-8,15H2,1H3,(H,16,17). The zero-order chi connectivity index (χ0) is 15.5. The fraction of sp³-hybridized carbons (Fsp3) is 0.231. The molecule has 0 amide bonds. The van der Waals surface area contributed by atoms with E-state index >= 15 is 0 Å². The average Bonchev–Trinajstić information content (AvgIpc) is 2.72. The van der Waals surface area contributed by atoms with E-state index in [1.54, 1.807) is 0 Å². The number of hydrogen-bond donors (Lipinski definition) is 2. The lowest BCUT2D eigenvalue weighted by atomic mass is 10.3. The minimum Gasteiger partial charge on any atom is -0.383 e. The Morgan fingerprint density at radius 1 is 1.38 bits per heavy atom. The van der Waals surface area contributed by atoms with Gasteiger partial charge in [-0.25, -0.2) is 13.1 Å². The Morgan fingerprint density at radius 2 is 2.05 bits per heavy atom. The summed E-state index contributed by atoms with van der Waals surface area (Å²) in [5, 5.41) is 16.3. The first-order valence-corrected chi connectivity index (χ1v) is 8.23. The predicted octanol–water partition coefficient (Wildman–Crippen LogP) is 1.13. The summed E-state index contributed by atoms with van der Waals surface area (Å²) in [4.78, 5) is 0. The van der Waals surface area contributed by atoms with Crippen LogP contribution >= 0.6 is 0 Å². The highest BCUT2D eigenvalue weighted by Gasteiger charge is 2.16. The fourth-order valence-electron chi connectivity index (χ4n) is 1.75. The molecule has 0 fully saturated rings. The first kappa shape index (κ1) is 14.9. The second-order valence-corrected chi connectivity index (χ2v) is 6.82. The van der Waals surface area contributed by atoms with Gasteiger partial charge in [-0.3, -0.25) is 0 Å². The third kappa shape index (κ3) is 3.73. The molecule has 2 rings (SSSR count). The highest BCUT2D eigenvalue weighted by atomic mass is 32.2. The number of aromatic nitrogens is 2. The van der Waals surface area contributed by atoms with Gasteiger partial charge in [-0.1, -0.05) is 18.2 Å². The van der Waals surface area contributed by atoms with E-state index in [1.807, 2.05) is 36.4 Å². The Balaban J connectivity index is 2.28. The highest BCUT2D eigenvalue weighted by Crippen LogP contribution is 2.24. The second kappa shape index (κ2) is 5.85. The topological polar surface area (TPSA) is 114 Å². The maximum absolute atomic E-state index is 11.2. The number of nitriles is 1. The molecule has 21 heavy (non-hydrogen) atoms. The van der Waals surface area contributed by atoms with E-state index in [1.165, 1.54) is 4.68 Å². The summed E-state index contributed by atoms with van der Waals surface area (Å²) in [6.45, 7) is 0.107. The van der Waals surface area contributed by atoms with Crippen molar-refractivity contribution >= 4 is 27.2 Å². The monoisotopic (exact) mass is 305 g/mol. The van der Waals surface area contributed by atoms with Crippen molar-refractivity contribution < 1.29 is 8.42 Å². The molecule has 0 bridgehead atoms. The van der Waals surface area contributed by atoms with Gasteiger partial charge in [0.05, 0.1) is 12.3 Å². The molecule has 0 aliphatic heterocycles. The van der Waals surface area contributed by atoms with E-state index in [9.17, 15) is 13.7 Å². The number of para-hydroxylation sites is 1. The van der Waals surface area contributed by atoms with Gasteiger partial charge in [0.15, 0.2) is 5.82 Å². The van der Waals surface area contributed by atoms with Crippen molar-refractivity contribution in [3.63, 3.8) is 0 Å². The van der Waals surface area contributed by atoms with Crippen LogP contribution in [0.2, 0.25) is 0 Å². The first-order valence-electron chi connectivity index (χ1n) is 6.17. The largest absolute Gasteiger partial charge is 0.383 e. The Kier molecular flexibility index (Phi) is 4.14. The molecule has 0 atom stereocenters. The van der Waals surface area contributed by atoms with Gasteiger partial charge in [-0.2, -0.15) is 10.4 Å². The molecule has 7 nitrogen and oxygen atoms in total. The molecule has 110 valence electrons. The molecule has 1 heterocycles. The van der Waals surface area contributed by atoms with Gasteiger partial charge in [-0.05, 0) is 12.1 Å². The van der Waals surface area contributed by atoms with E-state index in [-0.39, 0.29) is 23.7 Å². The van der Waals surface area contributed by atoms with Crippen LogP contribution in [-0.2, 0) is 16.4 Å². The van der Waals surface area contributed by atoms with Crippen LogP contribution < -0.4 is 11.1 Å². The van der Waals surface area contributed by atoms with Crippen molar-refractivity contribution in [1.82, 2.24) is 9.78 Å². The smallest absolute Gasteiger partial charge is 0.172 e. The molecule has 8 heteroatoms. The van der Waals surface area contributed by atoms with Crippen molar-refractivity contribution in [2.75, 3.05) is 23.1 Å². The summed E-state index contributed by atoms with van der Waals surface area (Å²) < 4.78 is 23.7. The third-order valence-corrected chi connectivity index (χ3v) is 3.74. The molecule has 0 spiro atoms. The number of nitrogens with one attached hydrogen (secondary N) is 1. The number of nitrogens with zero attached hydrogens (tertiary/aromatic N) is 3.